The van der Waals surface area contributed by atoms with Gasteiger partial charge in [-0.2, -0.15) is 0 Å². The lowest BCUT2D eigenvalue weighted by Crippen LogP contribution is -2.10. The van der Waals surface area contributed by atoms with Gasteiger partial charge in [0.05, 0.1) is 5.69 Å². The highest BCUT2D eigenvalue weighted by molar-refractivity contribution is 8.01. The lowest BCUT2D eigenvalue weighted by molar-refractivity contribution is -0.116. The van der Waals surface area contributed by atoms with Crippen molar-refractivity contribution < 1.29 is 4.79 Å². The SMILES string of the molecule is CCCC(=O)Nc1cccc2c3c4c(cccc4cc12)SN3. The van der Waals surface area contributed by atoms with Crippen LogP contribution >= 0.6 is 11.9 Å². The van der Waals surface area contributed by atoms with Gasteiger partial charge in [-0.05, 0) is 42.0 Å². The fraction of sp³-hybridized carbons (Fsp3) is 0.167. The average Bonchev–Trinajstić information content (AvgIpc) is 2.95. The predicted molar refractivity (Wildman–Crippen MR) is 94.5 cm³/mol. The monoisotopic (exact) mass is 308 g/mol. The van der Waals surface area contributed by atoms with Crippen LogP contribution in [-0.2, 0) is 4.79 Å². The molecule has 0 spiro atoms. The maximum Gasteiger partial charge on any atom is 0.224 e. The van der Waals surface area contributed by atoms with E-state index in [1.54, 1.807) is 11.9 Å². The second-order valence-electron chi connectivity index (χ2n) is 5.51. The average molecular weight is 308 g/mol. The topological polar surface area (TPSA) is 41.1 Å². The maximum atomic E-state index is 12.0. The van der Waals surface area contributed by atoms with E-state index in [0.717, 1.165) is 28.6 Å². The van der Waals surface area contributed by atoms with Gasteiger partial charge in [-0.15, -0.1) is 0 Å². The summed E-state index contributed by atoms with van der Waals surface area (Å²) in [6.45, 7) is 2.01. The van der Waals surface area contributed by atoms with E-state index >= 15 is 0 Å². The fourth-order valence-corrected chi connectivity index (χ4v) is 3.90. The Labute approximate surface area is 133 Å². The summed E-state index contributed by atoms with van der Waals surface area (Å²) in [5, 5.41) is 7.76. The van der Waals surface area contributed by atoms with Crippen LogP contribution in [0, 0.1) is 0 Å². The molecule has 0 radical (unpaired) electrons. The van der Waals surface area contributed by atoms with E-state index in [2.05, 4.69) is 40.4 Å². The number of nitrogens with one attached hydrogen (secondary N) is 2. The lowest BCUT2D eigenvalue weighted by Gasteiger charge is -2.12. The van der Waals surface area contributed by atoms with Crippen molar-refractivity contribution in [1.82, 2.24) is 0 Å². The Hall–Kier alpha value is -2.20. The third-order valence-corrected chi connectivity index (χ3v) is 4.86. The van der Waals surface area contributed by atoms with Crippen molar-refractivity contribution in [2.24, 2.45) is 0 Å². The zero-order valence-corrected chi connectivity index (χ0v) is 13.1. The Bertz CT molecular complexity index is 904. The Morgan fingerprint density at radius 3 is 2.91 bits per heavy atom. The molecule has 3 aromatic carbocycles. The van der Waals surface area contributed by atoms with Gasteiger partial charge in [-0.25, -0.2) is 0 Å². The molecule has 3 nitrogen and oxygen atoms in total. The highest BCUT2D eigenvalue weighted by atomic mass is 32.2. The van der Waals surface area contributed by atoms with Gasteiger partial charge in [0.15, 0.2) is 0 Å². The molecule has 110 valence electrons. The summed E-state index contributed by atoms with van der Waals surface area (Å²) in [4.78, 5) is 13.2. The van der Waals surface area contributed by atoms with Gasteiger partial charge in [0, 0.05) is 33.2 Å². The van der Waals surface area contributed by atoms with E-state index in [0.29, 0.717) is 6.42 Å². The molecule has 22 heavy (non-hydrogen) atoms. The van der Waals surface area contributed by atoms with Crippen LogP contribution in [0.2, 0.25) is 0 Å². The van der Waals surface area contributed by atoms with Crippen LogP contribution in [-0.4, -0.2) is 5.91 Å². The van der Waals surface area contributed by atoms with Crippen molar-refractivity contribution in [3.8, 4) is 0 Å². The van der Waals surface area contributed by atoms with Gasteiger partial charge in [-0.1, -0.05) is 31.2 Å². The van der Waals surface area contributed by atoms with Crippen molar-refractivity contribution in [3.63, 3.8) is 0 Å². The molecular weight excluding hydrogens is 292 g/mol. The van der Waals surface area contributed by atoms with E-state index in [-0.39, 0.29) is 5.91 Å². The molecule has 2 N–H and O–H groups in total. The van der Waals surface area contributed by atoms with Crippen molar-refractivity contribution >= 4 is 50.8 Å². The first kappa shape index (κ1) is 13.5. The molecule has 4 heteroatoms. The van der Waals surface area contributed by atoms with Gasteiger partial charge in [0.2, 0.25) is 5.91 Å². The normalized spacial score (nSPS) is 12.6. The standard InChI is InChI=1S/C18H16N2OS/c1-2-5-16(21)19-14-8-4-7-12-13(14)10-11-6-3-9-15-17(11)18(12)20-22-15/h3-4,6-10,20H,2,5H2,1H3,(H,19,21). The van der Waals surface area contributed by atoms with Crippen molar-refractivity contribution in [2.45, 2.75) is 24.7 Å². The number of carbonyl (C=O) groups is 1. The van der Waals surface area contributed by atoms with Crippen LogP contribution in [0.1, 0.15) is 19.8 Å². The molecular formula is C18H16N2OS. The van der Waals surface area contributed by atoms with Crippen LogP contribution < -0.4 is 10.0 Å². The summed E-state index contributed by atoms with van der Waals surface area (Å²) in [5.74, 6) is 0.0719. The molecule has 1 aliphatic heterocycles. The molecule has 0 saturated carbocycles. The minimum Gasteiger partial charge on any atom is -0.326 e. The van der Waals surface area contributed by atoms with Crippen LogP contribution in [0.5, 0.6) is 0 Å². The highest BCUT2D eigenvalue weighted by Gasteiger charge is 2.18. The number of fused-ring (bicyclic) bond motifs is 2. The van der Waals surface area contributed by atoms with Crippen LogP contribution in [0.15, 0.2) is 47.4 Å². The summed E-state index contributed by atoms with van der Waals surface area (Å²) in [6, 6.07) is 14.6. The second kappa shape index (κ2) is 5.21. The first-order chi connectivity index (χ1) is 10.8. The number of hydrogen-bond acceptors (Lipinski definition) is 3. The molecule has 1 heterocycles. The maximum absolute atomic E-state index is 12.0. The molecule has 0 aromatic heterocycles. The number of rotatable bonds is 3. The number of benzene rings is 3. The lowest BCUT2D eigenvalue weighted by atomic mass is 10.00. The van der Waals surface area contributed by atoms with Gasteiger partial charge in [0.25, 0.3) is 0 Å². The molecule has 3 aromatic rings. The van der Waals surface area contributed by atoms with E-state index in [9.17, 15) is 4.79 Å². The third-order valence-electron chi connectivity index (χ3n) is 4.00. The summed E-state index contributed by atoms with van der Waals surface area (Å²) in [6.07, 6.45) is 1.40. The van der Waals surface area contributed by atoms with Crippen LogP contribution in [0.4, 0.5) is 11.4 Å². The molecule has 0 fully saturated rings. The molecule has 4 rings (SSSR count). The summed E-state index contributed by atoms with van der Waals surface area (Å²) < 4.78 is 3.43. The van der Waals surface area contributed by atoms with Gasteiger partial charge in [0.1, 0.15) is 0 Å². The fourth-order valence-electron chi connectivity index (χ4n) is 3.01. The third kappa shape index (κ3) is 2.03. The zero-order valence-electron chi connectivity index (χ0n) is 12.3. The first-order valence-electron chi connectivity index (χ1n) is 7.49. The number of amides is 1. The van der Waals surface area contributed by atoms with Crippen molar-refractivity contribution in [1.29, 1.82) is 0 Å². The Balaban J connectivity index is 1.95. The molecule has 0 saturated heterocycles. The van der Waals surface area contributed by atoms with Crippen LogP contribution in [0.3, 0.4) is 0 Å². The smallest absolute Gasteiger partial charge is 0.224 e. The molecule has 1 amide bonds. The van der Waals surface area contributed by atoms with Crippen molar-refractivity contribution in [2.75, 3.05) is 10.0 Å². The summed E-state index contributed by atoms with van der Waals surface area (Å²) in [5.41, 5.74) is 2.04. The molecule has 0 aliphatic carbocycles. The Kier molecular flexibility index (Phi) is 3.19. The van der Waals surface area contributed by atoms with E-state index in [4.69, 9.17) is 0 Å². The number of carbonyl (C=O) groups excluding carboxylic acids is 1. The van der Waals surface area contributed by atoms with E-state index in [1.807, 2.05) is 19.1 Å². The zero-order chi connectivity index (χ0) is 15.1. The van der Waals surface area contributed by atoms with Crippen molar-refractivity contribution in [3.05, 3.63) is 42.5 Å². The van der Waals surface area contributed by atoms with Gasteiger partial charge < -0.3 is 10.0 Å². The second-order valence-corrected chi connectivity index (χ2v) is 6.36. The quantitative estimate of drug-likeness (QED) is 0.518. The van der Waals surface area contributed by atoms with Crippen LogP contribution in [0.25, 0.3) is 21.5 Å². The largest absolute Gasteiger partial charge is 0.326 e. The summed E-state index contributed by atoms with van der Waals surface area (Å²) >= 11 is 1.65. The predicted octanol–water partition coefficient (Wildman–Crippen LogP) is 5.16. The number of hydrogen-bond donors (Lipinski definition) is 2. The minimum absolute atomic E-state index is 0.0719. The minimum atomic E-state index is 0.0719. The van der Waals surface area contributed by atoms with E-state index in [1.165, 1.54) is 15.7 Å². The van der Waals surface area contributed by atoms with Gasteiger partial charge >= 0.3 is 0 Å². The first-order valence-corrected chi connectivity index (χ1v) is 8.30. The number of anilines is 2. The molecule has 1 aliphatic rings. The Morgan fingerprint density at radius 2 is 2.05 bits per heavy atom. The van der Waals surface area contributed by atoms with Gasteiger partial charge in [-0.3, -0.25) is 4.79 Å². The molecule has 0 unspecified atom stereocenters. The Morgan fingerprint density at radius 1 is 1.18 bits per heavy atom. The van der Waals surface area contributed by atoms with E-state index < -0.39 is 0 Å². The highest BCUT2D eigenvalue weighted by Crippen LogP contribution is 2.46. The molecule has 0 atom stereocenters. The summed E-state index contributed by atoms with van der Waals surface area (Å²) in [7, 11) is 0. The molecule has 0 bridgehead atoms.